The zero-order valence-electron chi connectivity index (χ0n) is 10.3. The highest BCUT2D eigenvalue weighted by Gasteiger charge is 2.37. The third-order valence-corrected chi connectivity index (χ3v) is 5.99. The molecular formula is C13H24N2S. The van der Waals surface area contributed by atoms with Crippen LogP contribution in [-0.4, -0.2) is 48.1 Å². The van der Waals surface area contributed by atoms with Crippen LogP contribution in [0, 0.1) is 5.92 Å². The molecule has 16 heavy (non-hydrogen) atoms. The maximum absolute atomic E-state index is 4.00. The van der Waals surface area contributed by atoms with E-state index in [9.17, 15) is 0 Å². The Morgan fingerprint density at radius 3 is 2.81 bits per heavy atom. The predicted octanol–water partition coefficient (Wildman–Crippen LogP) is 1.95. The van der Waals surface area contributed by atoms with Crippen molar-refractivity contribution in [1.29, 1.82) is 0 Å². The third kappa shape index (κ3) is 2.14. The summed E-state index contributed by atoms with van der Waals surface area (Å²) in [5.74, 6) is 0.955. The van der Waals surface area contributed by atoms with Crippen LogP contribution in [0.3, 0.4) is 0 Å². The van der Waals surface area contributed by atoms with Gasteiger partial charge in [-0.05, 0) is 50.9 Å². The predicted molar refractivity (Wildman–Crippen MR) is 71.0 cm³/mol. The van der Waals surface area contributed by atoms with Crippen LogP contribution in [0.4, 0.5) is 0 Å². The van der Waals surface area contributed by atoms with Gasteiger partial charge in [-0.2, -0.15) is 11.8 Å². The van der Waals surface area contributed by atoms with E-state index >= 15 is 0 Å². The lowest BCUT2D eigenvalue weighted by atomic mass is 9.93. The van der Waals surface area contributed by atoms with Gasteiger partial charge in [0.25, 0.3) is 0 Å². The van der Waals surface area contributed by atoms with Gasteiger partial charge in [0, 0.05) is 23.9 Å². The molecule has 1 aliphatic carbocycles. The van der Waals surface area contributed by atoms with Crippen molar-refractivity contribution in [3.8, 4) is 0 Å². The molecule has 3 fully saturated rings. The standard InChI is InChI=1S/C13H24N2S/c1-16-13-4-2-3-12(13)14-11-6-8-15-7-5-10(11)9-15/h10-14H,2-9H2,1H3. The minimum atomic E-state index is 0.812. The van der Waals surface area contributed by atoms with Crippen molar-refractivity contribution in [3.05, 3.63) is 0 Å². The molecule has 3 heteroatoms. The smallest absolute Gasteiger partial charge is 0.0198 e. The lowest BCUT2D eigenvalue weighted by Gasteiger charge is -2.34. The van der Waals surface area contributed by atoms with Gasteiger partial charge in [-0.1, -0.05) is 6.42 Å². The summed E-state index contributed by atoms with van der Waals surface area (Å²) in [5.41, 5.74) is 0. The van der Waals surface area contributed by atoms with Gasteiger partial charge >= 0.3 is 0 Å². The summed E-state index contributed by atoms with van der Waals surface area (Å²) in [6.07, 6.45) is 9.40. The largest absolute Gasteiger partial charge is 0.310 e. The van der Waals surface area contributed by atoms with Crippen molar-refractivity contribution in [2.75, 3.05) is 25.9 Å². The van der Waals surface area contributed by atoms with Crippen LogP contribution in [0.2, 0.25) is 0 Å². The van der Waals surface area contributed by atoms with Gasteiger partial charge in [-0.3, -0.25) is 0 Å². The Morgan fingerprint density at radius 1 is 1.06 bits per heavy atom. The van der Waals surface area contributed by atoms with Crippen LogP contribution in [0.15, 0.2) is 0 Å². The molecule has 5 unspecified atom stereocenters. The van der Waals surface area contributed by atoms with Crippen molar-refractivity contribution in [2.24, 2.45) is 5.92 Å². The number of piperidine rings is 1. The molecule has 1 N–H and O–H groups in total. The molecule has 2 nitrogen and oxygen atoms in total. The monoisotopic (exact) mass is 240 g/mol. The summed E-state index contributed by atoms with van der Waals surface area (Å²) in [4.78, 5) is 2.64. The van der Waals surface area contributed by atoms with Crippen molar-refractivity contribution in [3.63, 3.8) is 0 Å². The van der Waals surface area contributed by atoms with Crippen LogP contribution in [0.5, 0.6) is 0 Å². The molecule has 0 spiro atoms. The topological polar surface area (TPSA) is 15.3 Å². The molecule has 3 aliphatic rings. The van der Waals surface area contributed by atoms with E-state index in [1.807, 2.05) is 0 Å². The van der Waals surface area contributed by atoms with Crippen molar-refractivity contribution < 1.29 is 0 Å². The molecule has 2 aliphatic heterocycles. The second-order valence-corrected chi connectivity index (χ2v) is 6.80. The SMILES string of the molecule is CSC1CCCC1NC1CCN2CCC1C2. The fourth-order valence-corrected chi connectivity index (χ4v) is 4.79. The van der Waals surface area contributed by atoms with Gasteiger partial charge in [-0.15, -0.1) is 0 Å². The van der Waals surface area contributed by atoms with Crippen LogP contribution >= 0.6 is 11.8 Å². The molecule has 2 bridgehead atoms. The Morgan fingerprint density at radius 2 is 1.94 bits per heavy atom. The summed E-state index contributed by atoms with van der Waals surface area (Å²) in [6, 6.07) is 1.64. The molecule has 0 aromatic heterocycles. The van der Waals surface area contributed by atoms with E-state index in [2.05, 4.69) is 28.2 Å². The van der Waals surface area contributed by atoms with Crippen molar-refractivity contribution in [2.45, 2.75) is 49.4 Å². The molecule has 0 aromatic carbocycles. The highest BCUT2D eigenvalue weighted by atomic mass is 32.2. The summed E-state index contributed by atoms with van der Waals surface area (Å²) in [6.45, 7) is 4.07. The lowest BCUT2D eigenvalue weighted by Crippen LogP contribution is -2.49. The first-order valence-corrected chi connectivity index (χ1v) is 8.17. The molecular weight excluding hydrogens is 216 g/mol. The number of hydrogen-bond acceptors (Lipinski definition) is 3. The molecule has 0 radical (unpaired) electrons. The highest BCUT2D eigenvalue weighted by molar-refractivity contribution is 7.99. The number of nitrogens with zero attached hydrogens (tertiary/aromatic N) is 1. The molecule has 0 amide bonds. The van der Waals surface area contributed by atoms with Crippen molar-refractivity contribution in [1.82, 2.24) is 10.2 Å². The summed E-state index contributed by atoms with van der Waals surface area (Å²) >= 11 is 2.08. The Bertz CT molecular complexity index is 246. The zero-order chi connectivity index (χ0) is 11.0. The second-order valence-electron chi connectivity index (χ2n) is 5.72. The van der Waals surface area contributed by atoms with Gasteiger partial charge < -0.3 is 10.2 Å². The normalized spacial score (nSPS) is 47.4. The van der Waals surface area contributed by atoms with Gasteiger partial charge in [0.2, 0.25) is 0 Å². The van der Waals surface area contributed by atoms with E-state index in [0.717, 1.165) is 23.3 Å². The van der Waals surface area contributed by atoms with Crippen LogP contribution in [0.1, 0.15) is 32.1 Å². The molecule has 2 saturated heterocycles. The van der Waals surface area contributed by atoms with E-state index in [0.29, 0.717) is 0 Å². The average molecular weight is 240 g/mol. The first kappa shape index (κ1) is 11.4. The van der Waals surface area contributed by atoms with Gasteiger partial charge in [0.05, 0.1) is 0 Å². The Hall–Kier alpha value is 0.270. The molecule has 2 heterocycles. The van der Waals surface area contributed by atoms with Gasteiger partial charge in [-0.25, -0.2) is 0 Å². The lowest BCUT2D eigenvalue weighted by molar-refractivity contribution is 0.210. The van der Waals surface area contributed by atoms with Crippen LogP contribution in [0.25, 0.3) is 0 Å². The minimum absolute atomic E-state index is 0.812. The zero-order valence-corrected chi connectivity index (χ0v) is 11.1. The molecule has 3 rings (SSSR count). The molecule has 1 saturated carbocycles. The Kier molecular flexibility index (Phi) is 3.46. The van der Waals surface area contributed by atoms with Crippen LogP contribution in [-0.2, 0) is 0 Å². The summed E-state index contributed by atoms with van der Waals surface area (Å²) < 4.78 is 0. The molecule has 92 valence electrons. The van der Waals surface area contributed by atoms with E-state index < -0.39 is 0 Å². The van der Waals surface area contributed by atoms with Gasteiger partial charge in [0.1, 0.15) is 0 Å². The van der Waals surface area contributed by atoms with E-state index in [4.69, 9.17) is 0 Å². The molecule has 0 aromatic rings. The number of thioether (sulfide) groups is 1. The van der Waals surface area contributed by atoms with E-state index in [1.165, 1.54) is 51.7 Å². The minimum Gasteiger partial charge on any atom is -0.310 e. The van der Waals surface area contributed by atoms with E-state index in [1.54, 1.807) is 0 Å². The van der Waals surface area contributed by atoms with Crippen LogP contribution < -0.4 is 5.32 Å². The highest BCUT2D eigenvalue weighted by Crippen LogP contribution is 2.32. The first-order chi connectivity index (χ1) is 7.86. The summed E-state index contributed by atoms with van der Waals surface area (Å²) in [7, 11) is 0. The number of fused-ring (bicyclic) bond motifs is 2. The maximum atomic E-state index is 4.00. The van der Waals surface area contributed by atoms with Crippen molar-refractivity contribution >= 4 is 11.8 Å². The van der Waals surface area contributed by atoms with E-state index in [-0.39, 0.29) is 0 Å². The fraction of sp³-hybridized carbons (Fsp3) is 1.00. The first-order valence-electron chi connectivity index (χ1n) is 6.88. The third-order valence-electron chi connectivity index (χ3n) is 4.82. The number of hydrogen-bond donors (Lipinski definition) is 1. The Balaban J connectivity index is 1.57. The quantitative estimate of drug-likeness (QED) is 0.812. The Labute approximate surface area is 104 Å². The average Bonchev–Trinajstić information content (AvgIpc) is 2.89. The maximum Gasteiger partial charge on any atom is 0.0198 e. The number of nitrogens with one attached hydrogen (secondary N) is 1. The fourth-order valence-electron chi connectivity index (χ4n) is 3.84. The molecule has 5 atom stereocenters. The summed E-state index contributed by atoms with van der Waals surface area (Å²) in [5, 5.41) is 4.89. The number of rotatable bonds is 3. The second kappa shape index (κ2) is 4.87. The van der Waals surface area contributed by atoms with Gasteiger partial charge in [0.15, 0.2) is 0 Å².